The van der Waals surface area contributed by atoms with Crippen molar-refractivity contribution in [3.63, 3.8) is 0 Å². The predicted molar refractivity (Wildman–Crippen MR) is 112 cm³/mol. The van der Waals surface area contributed by atoms with Crippen LogP contribution in [0, 0.1) is 6.92 Å². The van der Waals surface area contributed by atoms with E-state index in [9.17, 15) is 0 Å². The quantitative estimate of drug-likeness (QED) is 0.486. The smallest absolute Gasteiger partial charge is 0.136 e. The van der Waals surface area contributed by atoms with Gasteiger partial charge in [0, 0.05) is 10.3 Å². The lowest BCUT2D eigenvalue weighted by atomic mass is 10.0. The summed E-state index contributed by atoms with van der Waals surface area (Å²) in [5, 5.41) is 1.25. The fraction of sp³-hybridized carbons (Fsp3) is 0.364. The van der Waals surface area contributed by atoms with Crippen molar-refractivity contribution in [1.82, 2.24) is 0 Å². The van der Waals surface area contributed by atoms with Crippen LogP contribution < -0.4 is 9.47 Å². The molecule has 0 fully saturated rings. The molecule has 0 spiro atoms. The predicted octanol–water partition coefficient (Wildman–Crippen LogP) is 7.34. The zero-order valence-corrected chi connectivity index (χ0v) is 17.3. The van der Waals surface area contributed by atoms with Gasteiger partial charge in [-0.15, -0.1) is 11.3 Å². The SMILES string of the molecule is CC.CC.CCOc1ccc(-c2ccc(OC)c3sc(C)cc23)cc1. The summed E-state index contributed by atoms with van der Waals surface area (Å²) < 4.78 is 12.2. The van der Waals surface area contributed by atoms with Crippen molar-refractivity contribution in [2.45, 2.75) is 41.5 Å². The number of ether oxygens (including phenoxy) is 2. The van der Waals surface area contributed by atoms with Gasteiger partial charge in [0.2, 0.25) is 0 Å². The van der Waals surface area contributed by atoms with Crippen molar-refractivity contribution in [2.24, 2.45) is 0 Å². The van der Waals surface area contributed by atoms with Crippen molar-refractivity contribution in [3.05, 3.63) is 47.3 Å². The molecule has 136 valence electrons. The molecule has 0 unspecified atom stereocenters. The Bertz CT molecular complexity index is 758. The fourth-order valence-corrected chi connectivity index (χ4v) is 3.56. The summed E-state index contributed by atoms with van der Waals surface area (Å²) in [6, 6.07) is 14.7. The Morgan fingerprint density at radius 2 is 1.56 bits per heavy atom. The average molecular weight is 359 g/mol. The van der Waals surface area contributed by atoms with Crippen LogP contribution in [0.1, 0.15) is 39.5 Å². The van der Waals surface area contributed by atoms with Crippen LogP contribution in [0.2, 0.25) is 0 Å². The minimum absolute atomic E-state index is 0.690. The second-order valence-electron chi connectivity index (χ2n) is 4.87. The molecule has 0 saturated carbocycles. The van der Waals surface area contributed by atoms with Crippen LogP contribution in [0.4, 0.5) is 0 Å². The number of fused-ring (bicyclic) bond motifs is 1. The van der Waals surface area contributed by atoms with Gasteiger partial charge < -0.3 is 9.47 Å². The number of thiophene rings is 1. The van der Waals surface area contributed by atoms with Crippen LogP contribution in [-0.4, -0.2) is 13.7 Å². The zero-order valence-electron chi connectivity index (χ0n) is 16.5. The summed E-state index contributed by atoms with van der Waals surface area (Å²) >= 11 is 1.77. The number of aryl methyl sites for hydroxylation is 1. The molecule has 0 aliphatic heterocycles. The maximum Gasteiger partial charge on any atom is 0.136 e. The fourth-order valence-electron chi connectivity index (χ4n) is 2.53. The van der Waals surface area contributed by atoms with E-state index in [1.54, 1.807) is 18.4 Å². The molecule has 1 heterocycles. The molecule has 3 rings (SSSR count). The monoisotopic (exact) mass is 358 g/mol. The van der Waals surface area contributed by atoms with Crippen molar-refractivity contribution in [2.75, 3.05) is 13.7 Å². The first-order valence-corrected chi connectivity index (χ1v) is 9.85. The summed E-state index contributed by atoms with van der Waals surface area (Å²) in [4.78, 5) is 1.29. The Morgan fingerprint density at radius 1 is 0.920 bits per heavy atom. The van der Waals surface area contributed by atoms with Crippen LogP contribution in [0.5, 0.6) is 11.5 Å². The number of methoxy groups -OCH3 is 1. The Morgan fingerprint density at radius 3 is 2.12 bits per heavy atom. The number of benzene rings is 2. The molecule has 0 bridgehead atoms. The Hall–Kier alpha value is -2.00. The van der Waals surface area contributed by atoms with Gasteiger partial charge in [0.1, 0.15) is 11.5 Å². The van der Waals surface area contributed by atoms with Gasteiger partial charge in [-0.1, -0.05) is 39.8 Å². The Labute approximate surface area is 156 Å². The van der Waals surface area contributed by atoms with E-state index in [4.69, 9.17) is 9.47 Å². The molecule has 0 atom stereocenters. The maximum absolute atomic E-state index is 5.51. The Balaban J connectivity index is 0.000000730. The summed E-state index contributed by atoms with van der Waals surface area (Å²) in [6.45, 7) is 12.8. The van der Waals surface area contributed by atoms with Crippen molar-refractivity contribution < 1.29 is 9.47 Å². The minimum Gasteiger partial charge on any atom is -0.495 e. The Kier molecular flexibility index (Phi) is 9.07. The zero-order chi connectivity index (χ0) is 18.8. The molecular weight excluding hydrogens is 328 g/mol. The lowest BCUT2D eigenvalue weighted by Crippen LogP contribution is -1.90. The lowest BCUT2D eigenvalue weighted by Gasteiger charge is -2.08. The van der Waals surface area contributed by atoms with E-state index < -0.39 is 0 Å². The maximum atomic E-state index is 5.51. The molecule has 0 saturated heterocycles. The summed E-state index contributed by atoms with van der Waals surface area (Å²) in [7, 11) is 1.72. The van der Waals surface area contributed by atoms with E-state index >= 15 is 0 Å². The van der Waals surface area contributed by atoms with E-state index in [0.717, 1.165) is 11.5 Å². The third-order valence-electron chi connectivity index (χ3n) is 3.47. The van der Waals surface area contributed by atoms with Gasteiger partial charge in [0.15, 0.2) is 0 Å². The largest absolute Gasteiger partial charge is 0.495 e. The average Bonchev–Trinajstić information content (AvgIpc) is 3.06. The van der Waals surface area contributed by atoms with Crippen LogP contribution in [-0.2, 0) is 0 Å². The molecule has 3 heteroatoms. The highest BCUT2D eigenvalue weighted by molar-refractivity contribution is 7.19. The molecular formula is C22H30O2S. The van der Waals surface area contributed by atoms with Crippen LogP contribution in [0.15, 0.2) is 42.5 Å². The third kappa shape index (κ3) is 4.99. The summed E-state index contributed by atoms with van der Waals surface area (Å²) in [5.74, 6) is 1.85. The van der Waals surface area contributed by atoms with Crippen molar-refractivity contribution in [3.8, 4) is 22.6 Å². The number of rotatable bonds is 4. The first kappa shape index (κ1) is 21.0. The molecule has 0 radical (unpaired) electrons. The first-order chi connectivity index (χ1) is 12.2. The summed E-state index contributed by atoms with van der Waals surface area (Å²) in [5.41, 5.74) is 2.43. The van der Waals surface area contributed by atoms with Crippen molar-refractivity contribution >= 4 is 21.4 Å². The second-order valence-corrected chi connectivity index (χ2v) is 6.13. The molecule has 0 N–H and O–H groups in total. The lowest BCUT2D eigenvalue weighted by molar-refractivity contribution is 0.340. The second kappa shape index (κ2) is 10.8. The molecule has 3 aromatic rings. The van der Waals surface area contributed by atoms with Gasteiger partial charge in [-0.3, -0.25) is 0 Å². The van der Waals surface area contributed by atoms with E-state index in [-0.39, 0.29) is 0 Å². The molecule has 0 aliphatic rings. The number of hydrogen-bond acceptors (Lipinski definition) is 3. The van der Waals surface area contributed by atoms with Gasteiger partial charge in [0.05, 0.1) is 18.4 Å². The first-order valence-electron chi connectivity index (χ1n) is 9.03. The van der Waals surface area contributed by atoms with E-state index in [1.807, 2.05) is 52.8 Å². The van der Waals surface area contributed by atoms with Gasteiger partial charge >= 0.3 is 0 Å². The molecule has 2 nitrogen and oxygen atoms in total. The minimum atomic E-state index is 0.690. The molecule has 25 heavy (non-hydrogen) atoms. The topological polar surface area (TPSA) is 18.5 Å². The summed E-state index contributed by atoms with van der Waals surface area (Å²) in [6.07, 6.45) is 0. The van der Waals surface area contributed by atoms with Gasteiger partial charge in [-0.2, -0.15) is 0 Å². The van der Waals surface area contributed by atoms with Crippen LogP contribution in [0.25, 0.3) is 21.2 Å². The van der Waals surface area contributed by atoms with E-state index in [2.05, 4.69) is 31.2 Å². The molecule has 0 aliphatic carbocycles. The number of hydrogen-bond donors (Lipinski definition) is 0. The van der Waals surface area contributed by atoms with Crippen molar-refractivity contribution in [1.29, 1.82) is 0 Å². The highest BCUT2D eigenvalue weighted by Crippen LogP contribution is 2.39. The van der Waals surface area contributed by atoms with Gasteiger partial charge in [-0.05, 0) is 55.3 Å². The van der Waals surface area contributed by atoms with Gasteiger partial charge in [0.25, 0.3) is 0 Å². The molecule has 2 aromatic carbocycles. The third-order valence-corrected chi connectivity index (χ3v) is 4.53. The standard InChI is InChI=1S/C18H18O2S.2C2H6/c1-4-20-14-7-5-13(6-8-14)15-9-10-17(19-3)18-16(15)11-12(2)21-18;2*1-2/h5-11H,4H2,1-3H3;2*1-2H3. The normalized spacial score (nSPS) is 9.56. The molecule has 0 amide bonds. The van der Waals surface area contributed by atoms with Crippen LogP contribution >= 0.6 is 11.3 Å². The van der Waals surface area contributed by atoms with E-state index in [1.165, 1.54) is 26.1 Å². The van der Waals surface area contributed by atoms with Crippen LogP contribution in [0.3, 0.4) is 0 Å². The highest BCUT2D eigenvalue weighted by atomic mass is 32.1. The van der Waals surface area contributed by atoms with E-state index in [0.29, 0.717) is 6.61 Å². The highest BCUT2D eigenvalue weighted by Gasteiger charge is 2.11. The van der Waals surface area contributed by atoms with Gasteiger partial charge in [-0.25, -0.2) is 0 Å². The molecule has 1 aromatic heterocycles.